The van der Waals surface area contributed by atoms with Crippen LogP contribution in [0.25, 0.3) is 0 Å². The van der Waals surface area contributed by atoms with E-state index in [-0.39, 0.29) is 0 Å². The summed E-state index contributed by atoms with van der Waals surface area (Å²) < 4.78 is 12.0. The van der Waals surface area contributed by atoms with Crippen LogP contribution in [0.3, 0.4) is 0 Å². The molecular weight excluding hydrogens is 330 g/mol. The zero-order chi connectivity index (χ0) is 14.8. The summed E-state index contributed by atoms with van der Waals surface area (Å²) >= 11 is 3.50. The summed E-state index contributed by atoms with van der Waals surface area (Å²) in [6, 6.07) is 13.1. The van der Waals surface area contributed by atoms with Gasteiger partial charge in [0, 0.05) is 22.0 Å². The van der Waals surface area contributed by atoms with Crippen LogP contribution >= 0.6 is 15.9 Å². The van der Waals surface area contributed by atoms with E-state index in [1.165, 1.54) is 16.7 Å². The number of benzene rings is 2. The zero-order valence-electron chi connectivity index (χ0n) is 12.2. The molecule has 1 aliphatic rings. The SMILES string of the molecule is COc1cc2c(cc1OC)C(c1ccc(Br)cc1)[NH2+]CC2. The van der Waals surface area contributed by atoms with Gasteiger partial charge in [-0.1, -0.05) is 28.1 Å². The number of nitrogens with two attached hydrogens (primary N) is 1. The maximum absolute atomic E-state index is 5.46. The fourth-order valence-corrected chi connectivity index (χ4v) is 3.23. The highest BCUT2D eigenvalue weighted by Crippen LogP contribution is 2.35. The predicted molar refractivity (Wildman–Crippen MR) is 86.0 cm³/mol. The van der Waals surface area contributed by atoms with Crippen LogP contribution in [0, 0.1) is 0 Å². The summed E-state index contributed by atoms with van der Waals surface area (Å²) in [6.45, 7) is 1.09. The Morgan fingerprint density at radius 1 is 1.05 bits per heavy atom. The molecule has 21 heavy (non-hydrogen) atoms. The van der Waals surface area contributed by atoms with E-state index in [9.17, 15) is 0 Å². The molecule has 0 aliphatic carbocycles. The van der Waals surface area contributed by atoms with E-state index in [0.717, 1.165) is 28.9 Å². The van der Waals surface area contributed by atoms with E-state index in [1.54, 1.807) is 14.2 Å². The first-order valence-electron chi connectivity index (χ1n) is 7.06. The van der Waals surface area contributed by atoms with Crippen molar-refractivity contribution in [2.24, 2.45) is 0 Å². The van der Waals surface area contributed by atoms with E-state index >= 15 is 0 Å². The zero-order valence-corrected chi connectivity index (χ0v) is 13.8. The minimum absolute atomic E-state index is 0.321. The lowest BCUT2D eigenvalue weighted by Crippen LogP contribution is -2.87. The van der Waals surface area contributed by atoms with Crippen molar-refractivity contribution >= 4 is 15.9 Å². The third kappa shape index (κ3) is 2.78. The van der Waals surface area contributed by atoms with Crippen LogP contribution in [-0.4, -0.2) is 20.8 Å². The molecule has 0 fully saturated rings. The van der Waals surface area contributed by atoms with Crippen molar-refractivity contribution in [1.82, 2.24) is 0 Å². The van der Waals surface area contributed by atoms with Crippen molar-refractivity contribution in [3.63, 3.8) is 0 Å². The molecule has 0 amide bonds. The lowest BCUT2D eigenvalue weighted by molar-refractivity contribution is -0.690. The average Bonchev–Trinajstić information content (AvgIpc) is 2.53. The van der Waals surface area contributed by atoms with Crippen LogP contribution in [0.5, 0.6) is 11.5 Å². The van der Waals surface area contributed by atoms with Crippen molar-refractivity contribution in [3.05, 3.63) is 57.6 Å². The van der Waals surface area contributed by atoms with Crippen LogP contribution < -0.4 is 14.8 Å². The lowest BCUT2D eigenvalue weighted by Gasteiger charge is -2.25. The average molecular weight is 349 g/mol. The van der Waals surface area contributed by atoms with Gasteiger partial charge >= 0.3 is 0 Å². The van der Waals surface area contributed by atoms with Gasteiger partial charge in [0.2, 0.25) is 0 Å². The monoisotopic (exact) mass is 348 g/mol. The predicted octanol–water partition coefficient (Wildman–Crippen LogP) is 2.68. The minimum atomic E-state index is 0.321. The molecule has 2 N–H and O–H groups in total. The Hall–Kier alpha value is -1.52. The first-order valence-corrected chi connectivity index (χ1v) is 7.86. The Balaban J connectivity index is 2.06. The third-order valence-electron chi connectivity index (χ3n) is 4.03. The van der Waals surface area contributed by atoms with Gasteiger partial charge in [0.25, 0.3) is 0 Å². The highest BCUT2D eigenvalue weighted by atomic mass is 79.9. The quantitative estimate of drug-likeness (QED) is 0.925. The minimum Gasteiger partial charge on any atom is -0.493 e. The highest BCUT2D eigenvalue weighted by Gasteiger charge is 2.26. The molecule has 1 heterocycles. The first kappa shape index (κ1) is 14.4. The Kier molecular flexibility index (Phi) is 4.17. The van der Waals surface area contributed by atoms with Crippen LogP contribution in [0.1, 0.15) is 22.7 Å². The standard InChI is InChI=1S/C17H18BrNO2/c1-20-15-9-12-7-8-19-17(14(12)10-16(15)21-2)11-3-5-13(18)6-4-11/h3-6,9-10,17,19H,7-8H2,1-2H3/p+1. The second kappa shape index (κ2) is 6.08. The smallest absolute Gasteiger partial charge is 0.161 e. The van der Waals surface area contributed by atoms with Gasteiger partial charge in [0.05, 0.1) is 20.8 Å². The molecule has 2 aromatic carbocycles. The van der Waals surface area contributed by atoms with E-state index in [2.05, 4.69) is 57.6 Å². The molecule has 4 heteroatoms. The third-order valence-corrected chi connectivity index (χ3v) is 4.55. The second-order valence-corrected chi connectivity index (χ2v) is 6.13. The normalized spacial score (nSPS) is 17.2. The molecule has 0 bridgehead atoms. The van der Waals surface area contributed by atoms with Gasteiger partial charge in [-0.05, 0) is 29.8 Å². The molecule has 110 valence electrons. The fraction of sp³-hybridized carbons (Fsp3) is 0.294. The van der Waals surface area contributed by atoms with Crippen molar-refractivity contribution in [3.8, 4) is 11.5 Å². The van der Waals surface area contributed by atoms with Crippen LogP contribution in [0.4, 0.5) is 0 Å². The van der Waals surface area contributed by atoms with Gasteiger partial charge in [-0.15, -0.1) is 0 Å². The molecule has 1 aliphatic heterocycles. The molecular formula is C17H19BrNO2+. The molecule has 2 aromatic rings. The van der Waals surface area contributed by atoms with Gasteiger partial charge < -0.3 is 14.8 Å². The highest BCUT2D eigenvalue weighted by molar-refractivity contribution is 9.10. The van der Waals surface area contributed by atoms with Crippen molar-refractivity contribution in [2.45, 2.75) is 12.5 Å². The van der Waals surface area contributed by atoms with Crippen molar-refractivity contribution in [2.75, 3.05) is 20.8 Å². The number of methoxy groups -OCH3 is 2. The molecule has 1 atom stereocenters. The van der Waals surface area contributed by atoms with E-state index in [1.807, 2.05) is 0 Å². The van der Waals surface area contributed by atoms with E-state index < -0.39 is 0 Å². The Labute approximate surface area is 133 Å². The molecule has 1 unspecified atom stereocenters. The summed E-state index contributed by atoms with van der Waals surface area (Å²) in [5.74, 6) is 1.61. The van der Waals surface area contributed by atoms with Crippen LogP contribution in [0.15, 0.2) is 40.9 Å². The number of quaternary nitrogens is 1. The van der Waals surface area contributed by atoms with Crippen molar-refractivity contribution in [1.29, 1.82) is 0 Å². The summed E-state index contributed by atoms with van der Waals surface area (Å²) in [5, 5.41) is 2.39. The second-order valence-electron chi connectivity index (χ2n) is 5.21. The molecule has 3 nitrogen and oxygen atoms in total. The lowest BCUT2D eigenvalue weighted by atomic mass is 9.89. The van der Waals surface area contributed by atoms with Gasteiger partial charge in [-0.2, -0.15) is 0 Å². The Morgan fingerprint density at radius 2 is 1.71 bits per heavy atom. The van der Waals surface area contributed by atoms with Crippen LogP contribution in [-0.2, 0) is 6.42 Å². The summed E-state index contributed by atoms with van der Waals surface area (Å²) in [5.41, 5.74) is 3.98. The summed E-state index contributed by atoms with van der Waals surface area (Å²) in [6.07, 6.45) is 1.06. The maximum Gasteiger partial charge on any atom is 0.161 e. The van der Waals surface area contributed by atoms with E-state index in [4.69, 9.17) is 9.47 Å². The maximum atomic E-state index is 5.46. The van der Waals surface area contributed by atoms with Gasteiger partial charge in [-0.25, -0.2) is 0 Å². The summed E-state index contributed by atoms with van der Waals surface area (Å²) in [4.78, 5) is 0. The number of ether oxygens (including phenoxy) is 2. The topological polar surface area (TPSA) is 35.1 Å². The number of rotatable bonds is 3. The molecule has 0 aromatic heterocycles. The van der Waals surface area contributed by atoms with Gasteiger partial charge in [0.15, 0.2) is 11.5 Å². The number of hydrogen-bond donors (Lipinski definition) is 1. The molecule has 0 spiro atoms. The molecule has 0 saturated heterocycles. The largest absolute Gasteiger partial charge is 0.493 e. The van der Waals surface area contributed by atoms with Gasteiger partial charge in [0.1, 0.15) is 6.04 Å². The molecule has 0 saturated carbocycles. The number of hydrogen-bond acceptors (Lipinski definition) is 2. The molecule has 0 radical (unpaired) electrons. The summed E-state index contributed by atoms with van der Waals surface area (Å²) in [7, 11) is 3.37. The molecule has 3 rings (SSSR count). The fourth-order valence-electron chi connectivity index (χ4n) is 2.96. The van der Waals surface area contributed by atoms with Gasteiger partial charge in [-0.3, -0.25) is 0 Å². The van der Waals surface area contributed by atoms with Crippen molar-refractivity contribution < 1.29 is 14.8 Å². The number of fused-ring (bicyclic) bond motifs is 1. The Morgan fingerprint density at radius 3 is 2.38 bits per heavy atom. The van der Waals surface area contributed by atoms with E-state index in [0.29, 0.717) is 6.04 Å². The Bertz CT molecular complexity index is 640. The number of halogens is 1. The van der Waals surface area contributed by atoms with Crippen LogP contribution in [0.2, 0.25) is 0 Å². The first-order chi connectivity index (χ1) is 10.2.